The molecule has 108 valence electrons. The summed E-state index contributed by atoms with van der Waals surface area (Å²) in [5.41, 5.74) is 1.84. The van der Waals surface area contributed by atoms with Gasteiger partial charge in [-0.25, -0.2) is 0 Å². The average Bonchev–Trinajstić information content (AvgIpc) is 2.36. The molecule has 0 atom stereocenters. The SMILES string of the molecule is CC(=O)O.COc1cc(C(C)C)c(OC)cc1CO. The average molecular weight is 270 g/mol. The smallest absolute Gasteiger partial charge is 0.300 e. The highest BCUT2D eigenvalue weighted by atomic mass is 16.5. The summed E-state index contributed by atoms with van der Waals surface area (Å²) >= 11 is 0. The Bertz CT molecular complexity index is 409. The van der Waals surface area contributed by atoms with Gasteiger partial charge in [-0.3, -0.25) is 4.79 Å². The molecule has 1 aromatic carbocycles. The van der Waals surface area contributed by atoms with Crippen molar-refractivity contribution < 1.29 is 24.5 Å². The molecule has 0 fully saturated rings. The lowest BCUT2D eigenvalue weighted by Crippen LogP contribution is -1.99. The minimum atomic E-state index is -0.833. The predicted octanol–water partition coefficient (Wildman–Crippen LogP) is 2.41. The molecule has 0 saturated carbocycles. The number of ether oxygens (including phenoxy) is 2. The minimum Gasteiger partial charge on any atom is -0.496 e. The molecule has 19 heavy (non-hydrogen) atoms. The van der Waals surface area contributed by atoms with Gasteiger partial charge in [0, 0.05) is 18.1 Å². The maximum absolute atomic E-state index is 9.16. The van der Waals surface area contributed by atoms with Crippen molar-refractivity contribution in [3.63, 3.8) is 0 Å². The van der Waals surface area contributed by atoms with Crippen molar-refractivity contribution in [2.45, 2.75) is 33.3 Å². The second kappa shape index (κ2) is 8.37. The number of aliphatic hydroxyl groups excluding tert-OH is 1. The zero-order valence-electron chi connectivity index (χ0n) is 12.1. The van der Waals surface area contributed by atoms with E-state index >= 15 is 0 Å². The molecule has 0 bridgehead atoms. The van der Waals surface area contributed by atoms with E-state index in [-0.39, 0.29) is 6.61 Å². The molecule has 5 nitrogen and oxygen atoms in total. The Balaban J connectivity index is 0.000000711. The molecular weight excluding hydrogens is 248 g/mol. The quantitative estimate of drug-likeness (QED) is 0.878. The first kappa shape index (κ1) is 17.2. The Morgan fingerprint density at radius 3 is 2.00 bits per heavy atom. The third kappa shape index (κ3) is 5.61. The highest BCUT2D eigenvalue weighted by Gasteiger charge is 2.12. The maximum atomic E-state index is 9.16. The molecule has 0 unspecified atom stereocenters. The van der Waals surface area contributed by atoms with Gasteiger partial charge < -0.3 is 19.7 Å². The summed E-state index contributed by atoms with van der Waals surface area (Å²) in [6, 6.07) is 3.75. The molecule has 0 radical (unpaired) electrons. The monoisotopic (exact) mass is 270 g/mol. The van der Waals surface area contributed by atoms with Crippen LogP contribution < -0.4 is 9.47 Å². The van der Waals surface area contributed by atoms with E-state index in [0.717, 1.165) is 23.8 Å². The molecule has 0 spiro atoms. The van der Waals surface area contributed by atoms with Crippen LogP contribution in [0.25, 0.3) is 0 Å². The molecule has 0 amide bonds. The highest BCUT2D eigenvalue weighted by molar-refractivity contribution is 5.62. The van der Waals surface area contributed by atoms with Gasteiger partial charge in [-0.2, -0.15) is 0 Å². The van der Waals surface area contributed by atoms with Crippen LogP contribution in [0.5, 0.6) is 11.5 Å². The lowest BCUT2D eigenvalue weighted by molar-refractivity contribution is -0.134. The normalized spacial score (nSPS) is 9.63. The zero-order valence-corrected chi connectivity index (χ0v) is 12.1. The van der Waals surface area contributed by atoms with Crippen LogP contribution in [-0.2, 0) is 11.4 Å². The van der Waals surface area contributed by atoms with Crippen LogP contribution in [0.15, 0.2) is 12.1 Å². The van der Waals surface area contributed by atoms with Gasteiger partial charge in [0.15, 0.2) is 0 Å². The first-order valence-electron chi connectivity index (χ1n) is 5.92. The Labute approximate surface area is 113 Å². The Morgan fingerprint density at radius 1 is 1.21 bits per heavy atom. The number of benzene rings is 1. The molecular formula is C14H22O5. The molecule has 1 rings (SSSR count). The Hall–Kier alpha value is -1.75. The first-order valence-corrected chi connectivity index (χ1v) is 5.92. The number of rotatable bonds is 4. The van der Waals surface area contributed by atoms with Crippen LogP contribution >= 0.6 is 0 Å². The topological polar surface area (TPSA) is 76.0 Å². The van der Waals surface area contributed by atoms with Gasteiger partial charge in [-0.05, 0) is 18.1 Å². The van der Waals surface area contributed by atoms with E-state index in [2.05, 4.69) is 13.8 Å². The standard InChI is InChI=1S/C12H18O3.C2H4O2/c1-8(2)10-6-11(14-3)9(7-13)5-12(10)15-4;1-2(3)4/h5-6,8,13H,7H2,1-4H3;1H3,(H,3,4). The maximum Gasteiger partial charge on any atom is 0.300 e. The van der Waals surface area contributed by atoms with E-state index in [1.807, 2.05) is 12.1 Å². The van der Waals surface area contributed by atoms with E-state index in [9.17, 15) is 0 Å². The van der Waals surface area contributed by atoms with E-state index in [1.54, 1.807) is 14.2 Å². The third-order valence-corrected chi connectivity index (χ3v) is 2.43. The van der Waals surface area contributed by atoms with Crippen LogP contribution in [-0.4, -0.2) is 30.4 Å². The van der Waals surface area contributed by atoms with Crippen molar-refractivity contribution in [2.75, 3.05) is 14.2 Å². The van der Waals surface area contributed by atoms with Gasteiger partial charge in [0.2, 0.25) is 0 Å². The summed E-state index contributed by atoms with van der Waals surface area (Å²) in [4.78, 5) is 9.00. The molecule has 0 aromatic heterocycles. The summed E-state index contributed by atoms with van der Waals surface area (Å²) < 4.78 is 10.5. The molecule has 2 N–H and O–H groups in total. The fourth-order valence-electron chi connectivity index (χ4n) is 1.56. The summed E-state index contributed by atoms with van der Waals surface area (Å²) in [5.74, 6) is 1.04. The van der Waals surface area contributed by atoms with Crippen LogP contribution in [0, 0.1) is 0 Å². The fourth-order valence-corrected chi connectivity index (χ4v) is 1.56. The third-order valence-electron chi connectivity index (χ3n) is 2.43. The summed E-state index contributed by atoms with van der Waals surface area (Å²) in [6.07, 6.45) is 0. The number of aliphatic carboxylic acids is 1. The van der Waals surface area contributed by atoms with Crippen LogP contribution in [0.1, 0.15) is 37.8 Å². The van der Waals surface area contributed by atoms with Crippen molar-refractivity contribution in [3.05, 3.63) is 23.3 Å². The van der Waals surface area contributed by atoms with Gasteiger partial charge in [0.25, 0.3) is 5.97 Å². The summed E-state index contributed by atoms with van der Waals surface area (Å²) in [7, 11) is 3.24. The lowest BCUT2D eigenvalue weighted by atomic mass is 9.99. The van der Waals surface area contributed by atoms with Crippen molar-refractivity contribution >= 4 is 5.97 Å². The van der Waals surface area contributed by atoms with Gasteiger partial charge in [-0.1, -0.05) is 13.8 Å². The van der Waals surface area contributed by atoms with Crippen molar-refractivity contribution in [3.8, 4) is 11.5 Å². The van der Waals surface area contributed by atoms with Crippen molar-refractivity contribution in [1.29, 1.82) is 0 Å². The molecule has 0 saturated heterocycles. The number of methoxy groups -OCH3 is 2. The first-order chi connectivity index (χ1) is 8.87. The molecule has 0 aliphatic rings. The second-order valence-corrected chi connectivity index (χ2v) is 4.24. The summed E-state index contributed by atoms with van der Waals surface area (Å²) in [6.45, 7) is 5.23. The molecule has 5 heteroatoms. The number of hydrogen-bond donors (Lipinski definition) is 2. The Kier molecular flexibility index (Phi) is 7.60. The number of hydrogen-bond acceptors (Lipinski definition) is 4. The molecule has 0 aliphatic heterocycles. The minimum absolute atomic E-state index is 0.0437. The lowest BCUT2D eigenvalue weighted by Gasteiger charge is -2.15. The van der Waals surface area contributed by atoms with Crippen LogP contribution in [0.2, 0.25) is 0 Å². The zero-order chi connectivity index (χ0) is 15.0. The van der Waals surface area contributed by atoms with Crippen molar-refractivity contribution in [1.82, 2.24) is 0 Å². The van der Waals surface area contributed by atoms with Gasteiger partial charge >= 0.3 is 0 Å². The highest BCUT2D eigenvalue weighted by Crippen LogP contribution is 2.33. The largest absolute Gasteiger partial charge is 0.496 e. The van der Waals surface area contributed by atoms with Crippen LogP contribution in [0.4, 0.5) is 0 Å². The predicted molar refractivity (Wildman–Crippen MR) is 72.9 cm³/mol. The van der Waals surface area contributed by atoms with E-state index < -0.39 is 5.97 Å². The van der Waals surface area contributed by atoms with E-state index in [0.29, 0.717) is 11.7 Å². The van der Waals surface area contributed by atoms with Gasteiger partial charge in [0.1, 0.15) is 11.5 Å². The van der Waals surface area contributed by atoms with Gasteiger partial charge in [-0.15, -0.1) is 0 Å². The molecule has 1 aromatic rings. The summed E-state index contributed by atoms with van der Waals surface area (Å²) in [5, 5.41) is 16.6. The Morgan fingerprint density at radius 2 is 1.68 bits per heavy atom. The fraction of sp³-hybridized carbons (Fsp3) is 0.500. The molecule has 0 aliphatic carbocycles. The second-order valence-electron chi connectivity index (χ2n) is 4.24. The van der Waals surface area contributed by atoms with Gasteiger partial charge in [0.05, 0.1) is 20.8 Å². The molecule has 0 heterocycles. The number of carbonyl (C=O) groups is 1. The van der Waals surface area contributed by atoms with E-state index in [1.165, 1.54) is 0 Å². The number of carboxylic acid groups (broad SMARTS) is 1. The number of carboxylic acids is 1. The number of aliphatic hydroxyl groups is 1. The van der Waals surface area contributed by atoms with Crippen LogP contribution in [0.3, 0.4) is 0 Å². The van der Waals surface area contributed by atoms with Crippen molar-refractivity contribution in [2.24, 2.45) is 0 Å². The van der Waals surface area contributed by atoms with E-state index in [4.69, 9.17) is 24.5 Å².